The van der Waals surface area contributed by atoms with Gasteiger partial charge >= 0.3 is 6.09 Å². The summed E-state index contributed by atoms with van der Waals surface area (Å²) in [6, 6.07) is 15.6. The van der Waals surface area contributed by atoms with E-state index in [-0.39, 0.29) is 5.75 Å². The first-order valence-electron chi connectivity index (χ1n) is 5.91. The maximum atomic E-state index is 11.8. The molecule has 2 rings (SSSR count). The zero-order chi connectivity index (χ0) is 13.7. The van der Waals surface area contributed by atoms with Crippen LogP contribution in [0.15, 0.2) is 54.6 Å². The fourth-order valence-corrected chi connectivity index (χ4v) is 1.61. The number of phenolic OH excluding ortho intramolecular Hbond substituents is 1. The molecule has 4 nitrogen and oxygen atoms in total. The van der Waals surface area contributed by atoms with Crippen molar-refractivity contribution in [3.63, 3.8) is 0 Å². The maximum Gasteiger partial charge on any atom is 0.415 e. The van der Waals surface area contributed by atoms with Gasteiger partial charge < -0.3 is 14.7 Å². The van der Waals surface area contributed by atoms with Crippen LogP contribution in [0.2, 0.25) is 0 Å². The lowest BCUT2D eigenvalue weighted by Crippen LogP contribution is -2.29. The number of amides is 1. The molecular formula is C15H15NO3. The maximum absolute atomic E-state index is 11.8. The van der Waals surface area contributed by atoms with E-state index in [2.05, 4.69) is 0 Å². The van der Waals surface area contributed by atoms with Crippen molar-refractivity contribution in [2.24, 2.45) is 0 Å². The summed E-state index contributed by atoms with van der Waals surface area (Å²) >= 11 is 0. The summed E-state index contributed by atoms with van der Waals surface area (Å²) in [7, 11) is 1.66. The van der Waals surface area contributed by atoms with E-state index in [4.69, 9.17) is 4.74 Å². The molecule has 0 aliphatic carbocycles. The Morgan fingerprint density at radius 2 is 1.74 bits per heavy atom. The van der Waals surface area contributed by atoms with Gasteiger partial charge in [0.25, 0.3) is 0 Å². The van der Waals surface area contributed by atoms with Gasteiger partial charge in [0.1, 0.15) is 11.5 Å². The van der Waals surface area contributed by atoms with Gasteiger partial charge in [-0.05, 0) is 29.8 Å². The summed E-state index contributed by atoms with van der Waals surface area (Å²) < 4.78 is 5.21. The minimum Gasteiger partial charge on any atom is -0.508 e. The van der Waals surface area contributed by atoms with Crippen molar-refractivity contribution >= 4 is 6.09 Å². The number of para-hydroxylation sites is 1. The van der Waals surface area contributed by atoms with Crippen LogP contribution >= 0.6 is 0 Å². The lowest BCUT2D eigenvalue weighted by atomic mass is 10.2. The second-order valence-electron chi connectivity index (χ2n) is 4.20. The standard InChI is InChI=1S/C15H15NO3/c1-16(11-12-7-9-13(17)10-8-12)15(18)19-14-5-3-2-4-6-14/h2-10,17H,11H2,1H3. The lowest BCUT2D eigenvalue weighted by Gasteiger charge is -2.16. The number of carbonyl (C=O) groups excluding carboxylic acids is 1. The van der Waals surface area contributed by atoms with Crippen LogP contribution in [0.25, 0.3) is 0 Å². The Labute approximate surface area is 111 Å². The molecule has 0 fully saturated rings. The number of carbonyl (C=O) groups is 1. The highest BCUT2D eigenvalue weighted by atomic mass is 16.6. The van der Waals surface area contributed by atoms with Crippen molar-refractivity contribution < 1.29 is 14.6 Å². The molecule has 2 aromatic rings. The Balaban J connectivity index is 1.94. The van der Waals surface area contributed by atoms with E-state index >= 15 is 0 Å². The van der Waals surface area contributed by atoms with Crippen LogP contribution in [0.5, 0.6) is 11.5 Å². The van der Waals surface area contributed by atoms with E-state index in [0.717, 1.165) is 5.56 Å². The molecule has 0 saturated carbocycles. The molecule has 4 heteroatoms. The third-order valence-corrected chi connectivity index (χ3v) is 2.62. The molecule has 0 aliphatic rings. The van der Waals surface area contributed by atoms with Crippen LogP contribution < -0.4 is 4.74 Å². The summed E-state index contributed by atoms with van der Waals surface area (Å²) in [6.07, 6.45) is -0.417. The zero-order valence-electron chi connectivity index (χ0n) is 10.6. The summed E-state index contributed by atoms with van der Waals surface area (Å²) in [6.45, 7) is 0.423. The van der Waals surface area contributed by atoms with Gasteiger partial charge in [-0.3, -0.25) is 0 Å². The van der Waals surface area contributed by atoms with E-state index in [9.17, 15) is 9.90 Å². The number of rotatable bonds is 3. The smallest absolute Gasteiger partial charge is 0.415 e. The summed E-state index contributed by atoms with van der Waals surface area (Å²) in [4.78, 5) is 13.3. The predicted octanol–water partition coefficient (Wildman–Crippen LogP) is 3.02. The van der Waals surface area contributed by atoms with E-state index < -0.39 is 6.09 Å². The van der Waals surface area contributed by atoms with Crippen LogP contribution in [0.4, 0.5) is 4.79 Å². The monoisotopic (exact) mass is 257 g/mol. The first kappa shape index (κ1) is 13.0. The van der Waals surface area contributed by atoms with E-state index in [0.29, 0.717) is 12.3 Å². The van der Waals surface area contributed by atoms with Crippen LogP contribution in [0, 0.1) is 0 Å². The first-order chi connectivity index (χ1) is 9.15. The topological polar surface area (TPSA) is 49.8 Å². The number of ether oxygens (including phenoxy) is 1. The SMILES string of the molecule is CN(Cc1ccc(O)cc1)C(=O)Oc1ccccc1. The van der Waals surface area contributed by atoms with Gasteiger partial charge in [-0.25, -0.2) is 4.79 Å². The number of nitrogens with zero attached hydrogens (tertiary/aromatic N) is 1. The number of benzene rings is 2. The van der Waals surface area contributed by atoms with Gasteiger partial charge in [-0.15, -0.1) is 0 Å². The summed E-state index contributed by atoms with van der Waals surface area (Å²) in [5.41, 5.74) is 0.922. The molecule has 0 heterocycles. The Kier molecular flexibility index (Phi) is 4.03. The van der Waals surface area contributed by atoms with Gasteiger partial charge in [0, 0.05) is 13.6 Å². The number of hydrogen-bond acceptors (Lipinski definition) is 3. The van der Waals surface area contributed by atoms with Gasteiger partial charge in [-0.1, -0.05) is 30.3 Å². The average molecular weight is 257 g/mol. The van der Waals surface area contributed by atoms with Crippen molar-refractivity contribution in [1.29, 1.82) is 0 Å². The van der Waals surface area contributed by atoms with Crippen molar-refractivity contribution in [1.82, 2.24) is 4.90 Å². The molecule has 19 heavy (non-hydrogen) atoms. The molecule has 0 atom stereocenters. The first-order valence-corrected chi connectivity index (χ1v) is 5.91. The molecule has 0 saturated heterocycles. The van der Waals surface area contributed by atoms with E-state index in [1.807, 2.05) is 18.2 Å². The van der Waals surface area contributed by atoms with Crippen molar-refractivity contribution in [3.8, 4) is 11.5 Å². The summed E-state index contributed by atoms with van der Waals surface area (Å²) in [5, 5.41) is 9.19. The number of hydrogen-bond donors (Lipinski definition) is 1. The molecule has 2 aromatic carbocycles. The van der Waals surface area contributed by atoms with Crippen LogP contribution in [-0.4, -0.2) is 23.1 Å². The van der Waals surface area contributed by atoms with Gasteiger partial charge in [0.05, 0.1) is 0 Å². The highest BCUT2D eigenvalue weighted by molar-refractivity contribution is 5.70. The van der Waals surface area contributed by atoms with Crippen LogP contribution in [0.3, 0.4) is 0 Å². The quantitative estimate of drug-likeness (QED) is 0.919. The predicted molar refractivity (Wildman–Crippen MR) is 72.0 cm³/mol. The van der Waals surface area contributed by atoms with Gasteiger partial charge in [-0.2, -0.15) is 0 Å². The lowest BCUT2D eigenvalue weighted by molar-refractivity contribution is 0.161. The summed E-state index contributed by atoms with van der Waals surface area (Å²) in [5.74, 6) is 0.725. The second kappa shape index (κ2) is 5.91. The molecule has 98 valence electrons. The molecule has 1 N–H and O–H groups in total. The van der Waals surface area contributed by atoms with E-state index in [1.165, 1.54) is 4.90 Å². The normalized spacial score (nSPS) is 9.95. The van der Waals surface area contributed by atoms with Crippen molar-refractivity contribution in [2.45, 2.75) is 6.54 Å². The molecule has 0 unspecified atom stereocenters. The Hall–Kier alpha value is -2.49. The Bertz CT molecular complexity index is 537. The van der Waals surface area contributed by atoms with Crippen molar-refractivity contribution in [3.05, 3.63) is 60.2 Å². The molecule has 0 bridgehead atoms. The molecule has 1 amide bonds. The van der Waals surface area contributed by atoms with E-state index in [1.54, 1.807) is 43.4 Å². The highest BCUT2D eigenvalue weighted by Gasteiger charge is 2.11. The molecule has 0 aromatic heterocycles. The minimum atomic E-state index is -0.417. The molecule has 0 aliphatic heterocycles. The molecule has 0 spiro atoms. The third kappa shape index (κ3) is 3.74. The minimum absolute atomic E-state index is 0.207. The Morgan fingerprint density at radius 1 is 1.11 bits per heavy atom. The third-order valence-electron chi connectivity index (χ3n) is 2.62. The van der Waals surface area contributed by atoms with Gasteiger partial charge in [0.15, 0.2) is 0 Å². The Morgan fingerprint density at radius 3 is 2.37 bits per heavy atom. The number of aromatic hydroxyl groups is 1. The fourth-order valence-electron chi connectivity index (χ4n) is 1.61. The zero-order valence-corrected chi connectivity index (χ0v) is 10.6. The van der Waals surface area contributed by atoms with Gasteiger partial charge in [0.2, 0.25) is 0 Å². The molecule has 0 radical (unpaired) electrons. The van der Waals surface area contributed by atoms with Crippen molar-refractivity contribution in [2.75, 3.05) is 7.05 Å². The number of phenols is 1. The van der Waals surface area contributed by atoms with Crippen LogP contribution in [0.1, 0.15) is 5.56 Å². The van der Waals surface area contributed by atoms with Crippen LogP contribution in [-0.2, 0) is 6.54 Å². The average Bonchev–Trinajstić information content (AvgIpc) is 2.42. The highest BCUT2D eigenvalue weighted by Crippen LogP contribution is 2.13. The largest absolute Gasteiger partial charge is 0.508 e. The second-order valence-corrected chi connectivity index (χ2v) is 4.20. The molecular weight excluding hydrogens is 242 g/mol. The fraction of sp³-hybridized carbons (Fsp3) is 0.133.